The number of nitrogens with two attached hydrogens (primary N) is 1. The molecule has 0 aromatic carbocycles. The van der Waals surface area contributed by atoms with Crippen LogP contribution in [0.3, 0.4) is 0 Å². The maximum absolute atomic E-state index is 12.7. The van der Waals surface area contributed by atoms with Gasteiger partial charge in [-0.2, -0.15) is 0 Å². The monoisotopic (exact) mass is 312 g/mol. The fourth-order valence-corrected chi connectivity index (χ4v) is 1.98. The lowest BCUT2D eigenvalue weighted by atomic mass is 9.92. The summed E-state index contributed by atoms with van der Waals surface area (Å²) in [6.45, 7) is 4.33. The van der Waals surface area contributed by atoms with Gasteiger partial charge in [0.1, 0.15) is 11.4 Å². The van der Waals surface area contributed by atoms with Crippen molar-refractivity contribution in [3.8, 4) is 0 Å². The number of pyridine rings is 2. The Labute approximate surface area is 135 Å². The Morgan fingerprint density at radius 3 is 1.83 bits per heavy atom. The Kier molecular flexibility index (Phi) is 5.18. The van der Waals surface area contributed by atoms with Gasteiger partial charge < -0.3 is 5.73 Å². The van der Waals surface area contributed by atoms with Gasteiger partial charge in [0.15, 0.2) is 0 Å². The maximum Gasteiger partial charge on any atom is 0.279 e. The summed E-state index contributed by atoms with van der Waals surface area (Å²) in [6.07, 6.45) is 3.04. The molecule has 0 aliphatic heterocycles. The SMILES string of the molecule is CC(C)(CN)CN(C(=O)c1ccccn1)C(=O)c1ccccn1. The van der Waals surface area contributed by atoms with Crippen molar-refractivity contribution in [2.45, 2.75) is 13.8 Å². The fourth-order valence-electron chi connectivity index (χ4n) is 1.98. The van der Waals surface area contributed by atoms with E-state index in [0.717, 1.165) is 4.90 Å². The molecule has 0 aliphatic rings. The van der Waals surface area contributed by atoms with E-state index in [1.54, 1.807) is 36.4 Å². The van der Waals surface area contributed by atoms with E-state index in [4.69, 9.17) is 5.73 Å². The summed E-state index contributed by atoms with van der Waals surface area (Å²) in [5.41, 5.74) is 5.77. The molecule has 0 bridgehead atoms. The highest BCUT2D eigenvalue weighted by atomic mass is 16.2. The van der Waals surface area contributed by atoms with Crippen molar-refractivity contribution in [1.29, 1.82) is 0 Å². The number of hydrogen-bond donors (Lipinski definition) is 1. The summed E-state index contributed by atoms with van der Waals surface area (Å²) in [7, 11) is 0. The van der Waals surface area contributed by atoms with Crippen LogP contribution in [0.2, 0.25) is 0 Å². The topological polar surface area (TPSA) is 89.2 Å². The normalized spacial score (nSPS) is 11.1. The van der Waals surface area contributed by atoms with Gasteiger partial charge in [0, 0.05) is 18.9 Å². The Bertz CT molecular complexity index is 620. The molecule has 2 N–H and O–H groups in total. The first-order chi connectivity index (χ1) is 10.9. The minimum atomic E-state index is -0.456. The summed E-state index contributed by atoms with van der Waals surface area (Å²) in [6, 6.07) is 10.00. The number of hydrogen-bond acceptors (Lipinski definition) is 5. The van der Waals surface area contributed by atoms with Crippen LogP contribution in [0, 0.1) is 5.41 Å². The van der Waals surface area contributed by atoms with Crippen molar-refractivity contribution in [2.75, 3.05) is 13.1 Å². The van der Waals surface area contributed by atoms with Crippen LogP contribution in [0.4, 0.5) is 0 Å². The lowest BCUT2D eigenvalue weighted by Crippen LogP contribution is -2.45. The van der Waals surface area contributed by atoms with Gasteiger partial charge in [0.25, 0.3) is 11.8 Å². The van der Waals surface area contributed by atoms with Crippen molar-refractivity contribution in [2.24, 2.45) is 11.1 Å². The summed E-state index contributed by atoms with van der Waals surface area (Å²) in [5.74, 6) is -0.912. The number of nitrogens with zero attached hydrogens (tertiary/aromatic N) is 3. The van der Waals surface area contributed by atoms with Crippen molar-refractivity contribution in [1.82, 2.24) is 14.9 Å². The molecule has 0 spiro atoms. The van der Waals surface area contributed by atoms with E-state index in [1.807, 2.05) is 13.8 Å². The van der Waals surface area contributed by atoms with Gasteiger partial charge in [-0.25, -0.2) is 0 Å². The number of amides is 2. The number of aromatic nitrogens is 2. The highest BCUT2D eigenvalue weighted by Crippen LogP contribution is 2.18. The van der Waals surface area contributed by atoms with Gasteiger partial charge in [0.05, 0.1) is 0 Å². The van der Waals surface area contributed by atoms with Crippen molar-refractivity contribution >= 4 is 11.8 Å². The van der Waals surface area contributed by atoms with Crippen LogP contribution in [-0.2, 0) is 0 Å². The zero-order chi connectivity index (χ0) is 16.9. The molecule has 2 heterocycles. The van der Waals surface area contributed by atoms with Gasteiger partial charge in [-0.1, -0.05) is 26.0 Å². The first kappa shape index (κ1) is 16.8. The molecule has 6 heteroatoms. The highest BCUT2D eigenvalue weighted by Gasteiger charge is 2.31. The predicted molar refractivity (Wildman–Crippen MR) is 86.7 cm³/mol. The quantitative estimate of drug-likeness (QED) is 0.850. The maximum atomic E-state index is 12.7. The molecule has 2 amide bonds. The molecule has 0 atom stereocenters. The molecule has 0 fully saturated rings. The van der Waals surface area contributed by atoms with Crippen LogP contribution in [0.1, 0.15) is 34.8 Å². The average molecular weight is 312 g/mol. The second-order valence-corrected chi connectivity index (χ2v) is 5.99. The van der Waals surface area contributed by atoms with Crippen LogP contribution in [0.15, 0.2) is 48.8 Å². The first-order valence-electron chi connectivity index (χ1n) is 7.33. The summed E-state index contributed by atoms with van der Waals surface area (Å²) >= 11 is 0. The second-order valence-electron chi connectivity index (χ2n) is 5.99. The smallest absolute Gasteiger partial charge is 0.279 e. The van der Waals surface area contributed by atoms with E-state index >= 15 is 0 Å². The largest absolute Gasteiger partial charge is 0.330 e. The highest BCUT2D eigenvalue weighted by molar-refractivity contribution is 6.08. The standard InChI is InChI=1S/C17H20N4O2/c1-17(2,11-18)12-21(15(22)13-7-3-5-9-19-13)16(23)14-8-4-6-10-20-14/h3-10H,11-12,18H2,1-2H3. The van der Waals surface area contributed by atoms with Crippen LogP contribution in [-0.4, -0.2) is 39.8 Å². The molecule has 2 aromatic heterocycles. The third-order valence-corrected chi connectivity index (χ3v) is 3.40. The molecule has 0 unspecified atom stereocenters. The lowest BCUT2D eigenvalue weighted by Gasteiger charge is -2.30. The predicted octanol–water partition coefficient (Wildman–Crippen LogP) is 1.74. The van der Waals surface area contributed by atoms with Crippen LogP contribution < -0.4 is 5.73 Å². The van der Waals surface area contributed by atoms with Gasteiger partial charge in [-0.15, -0.1) is 0 Å². The van der Waals surface area contributed by atoms with E-state index in [-0.39, 0.29) is 17.9 Å². The summed E-state index contributed by atoms with van der Waals surface area (Å²) in [5, 5.41) is 0. The Morgan fingerprint density at radius 1 is 1.00 bits per heavy atom. The van der Waals surface area contributed by atoms with E-state index in [1.165, 1.54) is 12.4 Å². The van der Waals surface area contributed by atoms with Gasteiger partial charge in [-0.05, 0) is 36.2 Å². The van der Waals surface area contributed by atoms with Crippen molar-refractivity contribution in [3.63, 3.8) is 0 Å². The van der Waals surface area contributed by atoms with Crippen molar-refractivity contribution < 1.29 is 9.59 Å². The average Bonchev–Trinajstić information content (AvgIpc) is 2.60. The minimum Gasteiger partial charge on any atom is -0.330 e. The summed E-state index contributed by atoms with van der Waals surface area (Å²) < 4.78 is 0. The van der Waals surface area contributed by atoms with Crippen LogP contribution in [0.25, 0.3) is 0 Å². The van der Waals surface area contributed by atoms with Gasteiger partial charge in [0.2, 0.25) is 0 Å². The molecular formula is C17H20N4O2. The third kappa shape index (κ3) is 4.20. The number of carbonyl (C=O) groups is 2. The van der Waals surface area contributed by atoms with Crippen LogP contribution >= 0.6 is 0 Å². The van der Waals surface area contributed by atoms with E-state index < -0.39 is 17.2 Å². The first-order valence-corrected chi connectivity index (χ1v) is 7.33. The third-order valence-electron chi connectivity index (χ3n) is 3.40. The fraction of sp³-hybridized carbons (Fsp3) is 0.294. The molecule has 6 nitrogen and oxygen atoms in total. The van der Waals surface area contributed by atoms with E-state index in [9.17, 15) is 9.59 Å². The minimum absolute atomic E-state index is 0.189. The summed E-state index contributed by atoms with van der Waals surface area (Å²) in [4.78, 5) is 34.7. The molecular weight excluding hydrogens is 292 g/mol. The van der Waals surface area contributed by atoms with E-state index in [2.05, 4.69) is 9.97 Å². The number of rotatable bonds is 5. The Hall–Kier alpha value is -2.60. The second kappa shape index (κ2) is 7.11. The lowest BCUT2D eigenvalue weighted by molar-refractivity contribution is 0.0549. The number of carbonyl (C=O) groups excluding carboxylic acids is 2. The number of imide groups is 1. The zero-order valence-corrected chi connectivity index (χ0v) is 13.3. The molecule has 2 rings (SSSR count). The van der Waals surface area contributed by atoms with Crippen LogP contribution in [0.5, 0.6) is 0 Å². The Balaban J connectivity index is 2.36. The zero-order valence-electron chi connectivity index (χ0n) is 13.3. The van der Waals surface area contributed by atoms with Crippen molar-refractivity contribution in [3.05, 3.63) is 60.2 Å². The molecule has 2 aromatic rings. The molecule has 0 saturated carbocycles. The Morgan fingerprint density at radius 2 is 1.48 bits per heavy atom. The molecule has 0 saturated heterocycles. The molecule has 0 radical (unpaired) electrons. The van der Waals surface area contributed by atoms with Gasteiger partial charge in [-0.3, -0.25) is 24.5 Å². The molecule has 23 heavy (non-hydrogen) atoms. The molecule has 0 aliphatic carbocycles. The van der Waals surface area contributed by atoms with Gasteiger partial charge >= 0.3 is 0 Å². The van der Waals surface area contributed by atoms with E-state index in [0.29, 0.717) is 6.54 Å². The molecule has 120 valence electrons.